The van der Waals surface area contributed by atoms with Gasteiger partial charge in [-0.1, -0.05) is 18.2 Å². The lowest BCUT2D eigenvalue weighted by atomic mass is 9.85. The normalized spacial score (nSPS) is 20.9. The lowest BCUT2D eigenvalue weighted by molar-refractivity contribution is -0.122. The Morgan fingerprint density at radius 3 is 3.04 bits per heavy atom. The summed E-state index contributed by atoms with van der Waals surface area (Å²) in [6, 6.07) is 6.36. The highest BCUT2D eigenvalue weighted by atomic mass is 19.1. The fraction of sp³-hybridized carbons (Fsp3) is 0.421. The molecule has 1 N–H and O–H groups in total. The van der Waals surface area contributed by atoms with Gasteiger partial charge in [0.1, 0.15) is 5.82 Å². The second kappa shape index (κ2) is 7.09. The number of hydrogen-bond donors (Lipinski definition) is 1. The molecule has 1 amide bonds. The predicted molar refractivity (Wildman–Crippen MR) is 90.6 cm³/mol. The number of carbonyl (C=O) groups excluding carboxylic acids is 1. The maximum Gasteiger partial charge on any atom is 0.234 e. The number of amides is 1. The van der Waals surface area contributed by atoms with E-state index < -0.39 is 0 Å². The maximum absolute atomic E-state index is 13.6. The standard InChI is InChI=1S/C19H23FN2O/c1-21-11-5-7-15-12-14-6-2-3-10-18(14)22(19(15)23)17-9-4-8-16(20)13-17/h2,4,6,8-9,13,15,21H,3,5,7,10-12H2,1H3. The third-order valence-corrected chi connectivity index (χ3v) is 4.59. The van der Waals surface area contributed by atoms with Crippen LogP contribution in [0.15, 0.2) is 47.7 Å². The van der Waals surface area contributed by atoms with Crippen LogP contribution in [0.3, 0.4) is 0 Å². The average molecular weight is 314 g/mol. The molecule has 0 aromatic heterocycles. The van der Waals surface area contributed by atoms with Crippen molar-refractivity contribution in [3.05, 3.63) is 53.5 Å². The first-order valence-corrected chi connectivity index (χ1v) is 8.33. The number of rotatable bonds is 5. The van der Waals surface area contributed by atoms with Crippen molar-refractivity contribution in [1.82, 2.24) is 5.32 Å². The number of halogens is 1. The van der Waals surface area contributed by atoms with Crippen molar-refractivity contribution in [3.63, 3.8) is 0 Å². The molecule has 1 unspecified atom stereocenters. The molecule has 4 heteroatoms. The van der Waals surface area contributed by atoms with Crippen molar-refractivity contribution in [3.8, 4) is 0 Å². The Kier molecular flexibility index (Phi) is 4.91. The number of nitrogens with one attached hydrogen (secondary N) is 1. The molecular formula is C19H23FN2O. The Labute approximate surface area is 136 Å². The van der Waals surface area contributed by atoms with Gasteiger partial charge in [-0.15, -0.1) is 0 Å². The van der Waals surface area contributed by atoms with E-state index in [-0.39, 0.29) is 17.6 Å². The largest absolute Gasteiger partial charge is 0.320 e. The zero-order valence-electron chi connectivity index (χ0n) is 13.5. The van der Waals surface area contributed by atoms with Gasteiger partial charge in [0.25, 0.3) is 0 Å². The van der Waals surface area contributed by atoms with Crippen LogP contribution in [-0.4, -0.2) is 19.5 Å². The van der Waals surface area contributed by atoms with Crippen LogP contribution in [0.25, 0.3) is 0 Å². The molecule has 2 aliphatic rings. The minimum absolute atomic E-state index is 0.0203. The van der Waals surface area contributed by atoms with E-state index in [9.17, 15) is 9.18 Å². The monoisotopic (exact) mass is 314 g/mol. The molecule has 0 fully saturated rings. The minimum atomic E-state index is -0.305. The molecule has 0 spiro atoms. The van der Waals surface area contributed by atoms with Crippen LogP contribution in [0.2, 0.25) is 0 Å². The van der Waals surface area contributed by atoms with E-state index in [1.807, 2.05) is 13.1 Å². The van der Waals surface area contributed by atoms with E-state index in [2.05, 4.69) is 17.5 Å². The first kappa shape index (κ1) is 15.9. The zero-order valence-corrected chi connectivity index (χ0v) is 13.5. The van der Waals surface area contributed by atoms with E-state index >= 15 is 0 Å². The Hall–Kier alpha value is -1.94. The van der Waals surface area contributed by atoms with E-state index in [0.717, 1.165) is 44.3 Å². The van der Waals surface area contributed by atoms with Crippen LogP contribution in [0, 0.1) is 11.7 Å². The van der Waals surface area contributed by atoms with Gasteiger partial charge in [0.15, 0.2) is 0 Å². The molecule has 1 aromatic rings. The molecule has 3 nitrogen and oxygen atoms in total. The van der Waals surface area contributed by atoms with Gasteiger partial charge in [-0.3, -0.25) is 9.69 Å². The molecule has 0 bridgehead atoms. The van der Waals surface area contributed by atoms with Gasteiger partial charge < -0.3 is 5.32 Å². The number of hydrogen-bond acceptors (Lipinski definition) is 2. The molecule has 1 heterocycles. The third-order valence-electron chi connectivity index (χ3n) is 4.59. The van der Waals surface area contributed by atoms with Crippen LogP contribution < -0.4 is 10.2 Å². The topological polar surface area (TPSA) is 32.3 Å². The lowest BCUT2D eigenvalue weighted by Crippen LogP contribution is -2.41. The van der Waals surface area contributed by atoms with Gasteiger partial charge in [0.2, 0.25) is 5.91 Å². The van der Waals surface area contributed by atoms with Crippen LogP contribution >= 0.6 is 0 Å². The number of carbonyl (C=O) groups is 1. The molecule has 122 valence electrons. The molecule has 3 rings (SSSR count). The minimum Gasteiger partial charge on any atom is -0.320 e. The summed E-state index contributed by atoms with van der Waals surface area (Å²) in [6.45, 7) is 0.908. The zero-order chi connectivity index (χ0) is 16.2. The summed E-state index contributed by atoms with van der Waals surface area (Å²) in [6.07, 6.45) is 8.72. The van der Waals surface area contributed by atoms with Gasteiger partial charge >= 0.3 is 0 Å². The molecule has 0 saturated heterocycles. The summed E-state index contributed by atoms with van der Waals surface area (Å²) in [7, 11) is 1.92. The molecular weight excluding hydrogens is 291 g/mol. The van der Waals surface area contributed by atoms with E-state index in [0.29, 0.717) is 5.69 Å². The van der Waals surface area contributed by atoms with Crippen LogP contribution in [0.4, 0.5) is 10.1 Å². The smallest absolute Gasteiger partial charge is 0.234 e. The Bertz CT molecular complexity index is 651. The summed E-state index contributed by atoms with van der Waals surface area (Å²) >= 11 is 0. The number of anilines is 1. The van der Waals surface area contributed by atoms with Crippen LogP contribution in [0.5, 0.6) is 0 Å². The van der Waals surface area contributed by atoms with Crippen LogP contribution in [-0.2, 0) is 4.79 Å². The SMILES string of the molecule is CNCCCC1CC2=C(CCC=C2)N(c2cccc(F)c2)C1=O. The molecule has 0 saturated carbocycles. The van der Waals surface area contributed by atoms with Crippen molar-refractivity contribution in [2.24, 2.45) is 5.92 Å². The lowest BCUT2D eigenvalue weighted by Gasteiger charge is -2.37. The summed E-state index contributed by atoms with van der Waals surface area (Å²) in [5.41, 5.74) is 2.93. The second-order valence-electron chi connectivity index (χ2n) is 6.21. The van der Waals surface area contributed by atoms with Gasteiger partial charge in [-0.25, -0.2) is 4.39 Å². The Morgan fingerprint density at radius 2 is 2.26 bits per heavy atom. The van der Waals surface area contributed by atoms with E-state index in [1.165, 1.54) is 17.7 Å². The van der Waals surface area contributed by atoms with Gasteiger partial charge in [-0.05, 0) is 69.5 Å². The highest BCUT2D eigenvalue weighted by molar-refractivity contribution is 5.99. The van der Waals surface area contributed by atoms with Crippen molar-refractivity contribution in [1.29, 1.82) is 0 Å². The summed E-state index contributed by atoms with van der Waals surface area (Å²) in [5, 5.41) is 3.13. The average Bonchev–Trinajstić information content (AvgIpc) is 2.55. The van der Waals surface area contributed by atoms with Crippen molar-refractivity contribution in [2.45, 2.75) is 32.1 Å². The van der Waals surface area contributed by atoms with Crippen molar-refractivity contribution >= 4 is 11.6 Å². The van der Waals surface area contributed by atoms with Gasteiger partial charge in [0, 0.05) is 11.6 Å². The number of allylic oxidation sites excluding steroid dienone is 4. The quantitative estimate of drug-likeness (QED) is 0.839. The molecule has 1 aliphatic heterocycles. The first-order valence-electron chi connectivity index (χ1n) is 8.33. The molecule has 1 aliphatic carbocycles. The third kappa shape index (κ3) is 3.37. The Morgan fingerprint density at radius 1 is 1.39 bits per heavy atom. The van der Waals surface area contributed by atoms with Gasteiger partial charge in [0.05, 0.1) is 5.69 Å². The van der Waals surface area contributed by atoms with Crippen LogP contribution in [0.1, 0.15) is 32.1 Å². The molecule has 23 heavy (non-hydrogen) atoms. The predicted octanol–water partition coefficient (Wildman–Crippen LogP) is 3.78. The van der Waals surface area contributed by atoms with Crippen molar-refractivity contribution in [2.75, 3.05) is 18.5 Å². The Balaban J connectivity index is 1.93. The summed E-state index contributed by atoms with van der Waals surface area (Å²) in [4.78, 5) is 14.8. The summed E-state index contributed by atoms with van der Waals surface area (Å²) in [5.74, 6) is -0.213. The number of benzene rings is 1. The maximum atomic E-state index is 13.6. The van der Waals surface area contributed by atoms with E-state index in [1.54, 1.807) is 11.0 Å². The van der Waals surface area contributed by atoms with E-state index in [4.69, 9.17) is 0 Å². The molecule has 0 radical (unpaired) electrons. The fourth-order valence-electron chi connectivity index (χ4n) is 3.46. The second-order valence-corrected chi connectivity index (χ2v) is 6.21. The highest BCUT2D eigenvalue weighted by Crippen LogP contribution is 2.38. The van der Waals surface area contributed by atoms with Gasteiger partial charge in [-0.2, -0.15) is 0 Å². The summed E-state index contributed by atoms with van der Waals surface area (Å²) < 4.78 is 13.6. The fourth-order valence-corrected chi connectivity index (χ4v) is 3.46. The first-order chi connectivity index (χ1) is 11.2. The highest BCUT2D eigenvalue weighted by Gasteiger charge is 2.34. The molecule has 1 atom stereocenters. The van der Waals surface area contributed by atoms with Crippen molar-refractivity contribution < 1.29 is 9.18 Å². The number of nitrogens with zero attached hydrogens (tertiary/aromatic N) is 1. The molecule has 1 aromatic carbocycles.